The van der Waals surface area contributed by atoms with Crippen LogP contribution in [-0.4, -0.2) is 48.7 Å². The number of aromatic amines is 1. The van der Waals surface area contributed by atoms with E-state index in [0.717, 1.165) is 0 Å². The molecule has 1 aromatic heterocycles. The Hall–Kier alpha value is -1.35. The smallest absolute Gasteiger partial charge is 0.337 e. The van der Waals surface area contributed by atoms with E-state index in [1.165, 1.54) is 0 Å². The molecule has 18 heavy (non-hydrogen) atoms. The number of anilines is 1. The number of H-pyrrole nitrogens is 1. The van der Waals surface area contributed by atoms with Crippen molar-refractivity contribution >= 4 is 16.0 Å². The molecule has 0 aliphatic rings. The van der Waals surface area contributed by atoms with Gasteiger partial charge in [0.1, 0.15) is 0 Å². The summed E-state index contributed by atoms with van der Waals surface area (Å²) in [5.74, 6) is -0.112. The number of nitrogens with one attached hydrogen (secondary N) is 2. The Balaban J connectivity index is 2.48. The maximum absolute atomic E-state index is 11.6. The molecule has 1 heterocycles. The summed E-state index contributed by atoms with van der Waals surface area (Å²) in [6.07, 6.45) is -0.00460. The molecule has 0 saturated heterocycles. The predicted octanol–water partition coefficient (Wildman–Crippen LogP) is 0.370. The fourth-order valence-corrected chi connectivity index (χ4v) is 1.88. The van der Waals surface area contributed by atoms with Gasteiger partial charge in [-0.25, -0.2) is 13.5 Å². The van der Waals surface area contributed by atoms with Gasteiger partial charge >= 0.3 is 6.01 Å². The highest BCUT2D eigenvalue weighted by Crippen LogP contribution is 2.07. The molecule has 9 heteroatoms. The minimum Gasteiger partial charge on any atom is -0.463 e. The number of hydrogen-bond acceptors (Lipinski definition) is 6. The molecule has 0 saturated carbocycles. The van der Waals surface area contributed by atoms with Gasteiger partial charge in [-0.1, -0.05) is 0 Å². The Morgan fingerprint density at radius 3 is 2.78 bits per heavy atom. The van der Waals surface area contributed by atoms with Gasteiger partial charge in [0.25, 0.3) is 0 Å². The lowest BCUT2D eigenvalue weighted by atomic mass is 10.5. The summed E-state index contributed by atoms with van der Waals surface area (Å²) in [6.45, 7) is 5.99. The molecule has 0 bridgehead atoms. The van der Waals surface area contributed by atoms with Gasteiger partial charge in [0, 0.05) is 0 Å². The standard InChI is InChI=1S/C9H18N4O4S/c1-4-16-9-10-8(11-12-9)13-18(14,15)6-5-17-7(2)3/h7H,4-6H2,1-3H3,(H2,10,11,12,13). The molecule has 0 amide bonds. The van der Waals surface area contributed by atoms with E-state index in [0.29, 0.717) is 6.61 Å². The summed E-state index contributed by atoms with van der Waals surface area (Å²) in [5.41, 5.74) is 0. The molecule has 8 nitrogen and oxygen atoms in total. The average molecular weight is 278 g/mol. The van der Waals surface area contributed by atoms with Crippen LogP contribution in [0.5, 0.6) is 6.01 Å². The van der Waals surface area contributed by atoms with Crippen LogP contribution in [0, 0.1) is 0 Å². The highest BCUT2D eigenvalue weighted by Gasteiger charge is 2.14. The van der Waals surface area contributed by atoms with Crippen molar-refractivity contribution in [2.24, 2.45) is 0 Å². The van der Waals surface area contributed by atoms with Crippen LogP contribution >= 0.6 is 0 Å². The summed E-state index contributed by atoms with van der Waals surface area (Å²) >= 11 is 0. The molecule has 0 radical (unpaired) electrons. The maximum Gasteiger partial charge on any atom is 0.337 e. The summed E-state index contributed by atoms with van der Waals surface area (Å²) in [6, 6.07) is 0.105. The molecule has 0 aromatic carbocycles. The second kappa shape index (κ2) is 6.55. The highest BCUT2D eigenvalue weighted by atomic mass is 32.2. The lowest BCUT2D eigenvalue weighted by Gasteiger charge is -2.08. The van der Waals surface area contributed by atoms with Crippen LogP contribution < -0.4 is 9.46 Å². The molecule has 104 valence electrons. The van der Waals surface area contributed by atoms with Crippen LogP contribution in [0.2, 0.25) is 0 Å². The van der Waals surface area contributed by atoms with Crippen LogP contribution in [0.4, 0.5) is 5.95 Å². The second-order valence-electron chi connectivity index (χ2n) is 3.74. The zero-order valence-corrected chi connectivity index (χ0v) is 11.5. The van der Waals surface area contributed by atoms with Gasteiger partial charge in [-0.05, 0) is 20.8 Å². The summed E-state index contributed by atoms with van der Waals surface area (Å²) in [4.78, 5) is 3.81. The highest BCUT2D eigenvalue weighted by molar-refractivity contribution is 7.92. The van der Waals surface area contributed by atoms with Crippen LogP contribution in [-0.2, 0) is 14.8 Å². The van der Waals surface area contributed by atoms with Gasteiger partial charge in [0.15, 0.2) is 0 Å². The fourth-order valence-electron chi connectivity index (χ4n) is 1.08. The predicted molar refractivity (Wildman–Crippen MR) is 66.0 cm³/mol. The Morgan fingerprint density at radius 1 is 1.44 bits per heavy atom. The first-order valence-corrected chi connectivity index (χ1v) is 7.25. The molecule has 2 N–H and O–H groups in total. The SMILES string of the molecule is CCOc1n[nH]c(NS(=O)(=O)CCOC(C)C)n1. The van der Waals surface area contributed by atoms with Gasteiger partial charge < -0.3 is 9.47 Å². The zero-order valence-electron chi connectivity index (χ0n) is 10.6. The minimum atomic E-state index is -3.50. The van der Waals surface area contributed by atoms with Gasteiger partial charge in [-0.2, -0.15) is 4.98 Å². The third-order valence-electron chi connectivity index (χ3n) is 1.79. The van der Waals surface area contributed by atoms with Crippen molar-refractivity contribution in [2.75, 3.05) is 23.7 Å². The van der Waals surface area contributed by atoms with Crippen LogP contribution in [0.15, 0.2) is 0 Å². The molecule has 0 aliphatic carbocycles. The normalized spacial score (nSPS) is 11.8. The topological polar surface area (TPSA) is 106 Å². The largest absolute Gasteiger partial charge is 0.463 e. The van der Waals surface area contributed by atoms with Crippen LogP contribution in [0.1, 0.15) is 20.8 Å². The first kappa shape index (κ1) is 14.7. The molecule has 0 spiro atoms. The van der Waals surface area contributed by atoms with Crippen molar-refractivity contribution in [3.63, 3.8) is 0 Å². The molecule has 0 unspecified atom stereocenters. The van der Waals surface area contributed by atoms with E-state index in [1.54, 1.807) is 6.92 Å². The first-order chi connectivity index (χ1) is 8.43. The van der Waals surface area contributed by atoms with Gasteiger partial charge in [-0.3, -0.25) is 4.72 Å². The van der Waals surface area contributed by atoms with Crippen molar-refractivity contribution in [1.29, 1.82) is 0 Å². The van der Waals surface area contributed by atoms with Crippen molar-refractivity contribution in [3.8, 4) is 6.01 Å². The molecular weight excluding hydrogens is 260 g/mol. The zero-order chi connectivity index (χ0) is 13.6. The van der Waals surface area contributed by atoms with Crippen molar-refractivity contribution < 1.29 is 17.9 Å². The number of sulfonamides is 1. The number of hydrogen-bond donors (Lipinski definition) is 2. The summed E-state index contributed by atoms with van der Waals surface area (Å²) in [5, 5.41) is 6.11. The first-order valence-electron chi connectivity index (χ1n) is 5.60. The van der Waals surface area contributed by atoms with E-state index in [1.807, 2.05) is 13.8 Å². The van der Waals surface area contributed by atoms with Gasteiger partial charge in [0.05, 0.1) is 25.1 Å². The Kier molecular flexibility index (Phi) is 5.35. The Labute approximate surface area is 106 Å². The van der Waals surface area contributed by atoms with Crippen LogP contribution in [0.25, 0.3) is 0 Å². The van der Waals surface area contributed by atoms with E-state index in [-0.39, 0.29) is 30.4 Å². The monoisotopic (exact) mass is 278 g/mol. The minimum absolute atomic E-state index is 0.00460. The van der Waals surface area contributed by atoms with Crippen molar-refractivity contribution in [3.05, 3.63) is 0 Å². The number of ether oxygens (including phenoxy) is 2. The molecule has 0 aliphatic heterocycles. The van der Waals surface area contributed by atoms with E-state index >= 15 is 0 Å². The van der Waals surface area contributed by atoms with Crippen molar-refractivity contribution in [1.82, 2.24) is 15.2 Å². The molecule has 0 fully saturated rings. The Bertz CT molecular complexity index is 457. The Morgan fingerprint density at radius 2 is 2.17 bits per heavy atom. The molecule has 1 rings (SSSR count). The third kappa shape index (κ3) is 5.32. The van der Waals surface area contributed by atoms with E-state index < -0.39 is 10.0 Å². The van der Waals surface area contributed by atoms with E-state index in [9.17, 15) is 8.42 Å². The van der Waals surface area contributed by atoms with E-state index in [4.69, 9.17) is 9.47 Å². The number of rotatable bonds is 8. The lowest BCUT2D eigenvalue weighted by molar-refractivity contribution is 0.0913. The van der Waals surface area contributed by atoms with Gasteiger partial charge in [-0.15, -0.1) is 5.10 Å². The number of nitrogens with zero attached hydrogens (tertiary/aromatic N) is 2. The molecule has 1 aromatic rings. The lowest BCUT2D eigenvalue weighted by Crippen LogP contribution is -2.22. The van der Waals surface area contributed by atoms with Crippen molar-refractivity contribution in [2.45, 2.75) is 26.9 Å². The number of aromatic nitrogens is 3. The van der Waals surface area contributed by atoms with E-state index in [2.05, 4.69) is 19.9 Å². The average Bonchev–Trinajstić information content (AvgIpc) is 2.64. The summed E-state index contributed by atoms with van der Waals surface area (Å²) < 4.78 is 35.7. The van der Waals surface area contributed by atoms with Gasteiger partial charge in [0.2, 0.25) is 16.0 Å². The fraction of sp³-hybridized carbons (Fsp3) is 0.778. The maximum atomic E-state index is 11.6. The summed E-state index contributed by atoms with van der Waals surface area (Å²) in [7, 11) is -3.50. The second-order valence-corrected chi connectivity index (χ2v) is 5.58. The van der Waals surface area contributed by atoms with Crippen LogP contribution in [0.3, 0.4) is 0 Å². The molecule has 0 atom stereocenters. The quantitative estimate of drug-likeness (QED) is 0.711. The molecular formula is C9H18N4O4S. The third-order valence-corrected chi connectivity index (χ3v) is 3.00.